The number of sulfonamides is 1. The fourth-order valence-corrected chi connectivity index (χ4v) is 3.78. The van der Waals surface area contributed by atoms with Gasteiger partial charge >= 0.3 is 6.61 Å². The number of ether oxygens (including phenoxy) is 1. The predicted molar refractivity (Wildman–Crippen MR) is 110 cm³/mol. The topological polar surface area (TPSA) is 84.5 Å². The van der Waals surface area contributed by atoms with Gasteiger partial charge in [-0.1, -0.05) is 11.6 Å². The van der Waals surface area contributed by atoms with Crippen LogP contribution in [-0.4, -0.2) is 20.9 Å². The van der Waals surface area contributed by atoms with Gasteiger partial charge in [-0.3, -0.25) is 9.52 Å². The number of nitrogens with one attached hydrogen (secondary N) is 2. The normalized spacial score (nSPS) is 11.3. The van der Waals surface area contributed by atoms with Crippen LogP contribution in [0, 0.1) is 5.82 Å². The third kappa shape index (κ3) is 5.89. The number of halogens is 4. The van der Waals surface area contributed by atoms with Crippen LogP contribution in [0.3, 0.4) is 0 Å². The molecule has 3 aromatic carbocycles. The van der Waals surface area contributed by atoms with Gasteiger partial charge in [-0.25, -0.2) is 12.8 Å². The molecule has 2 N–H and O–H groups in total. The highest BCUT2D eigenvalue weighted by Crippen LogP contribution is 2.24. The summed E-state index contributed by atoms with van der Waals surface area (Å²) in [5, 5.41) is 2.49. The molecule has 3 aromatic rings. The van der Waals surface area contributed by atoms with E-state index in [0.717, 1.165) is 18.2 Å². The van der Waals surface area contributed by atoms with Gasteiger partial charge < -0.3 is 10.1 Å². The Bertz CT molecular complexity index is 1190. The van der Waals surface area contributed by atoms with Gasteiger partial charge in [0.15, 0.2) is 0 Å². The molecular weight excluding hydrogens is 457 g/mol. The van der Waals surface area contributed by atoms with Crippen LogP contribution in [0.15, 0.2) is 71.6 Å². The molecule has 0 heterocycles. The Balaban J connectivity index is 1.79. The number of carbonyl (C=O) groups excluding carboxylic acids is 1. The minimum Gasteiger partial charge on any atom is -0.435 e. The van der Waals surface area contributed by atoms with Gasteiger partial charge in [0.2, 0.25) is 0 Å². The highest BCUT2D eigenvalue weighted by Gasteiger charge is 2.19. The second-order valence-corrected chi connectivity index (χ2v) is 8.20. The van der Waals surface area contributed by atoms with Crippen LogP contribution in [0.5, 0.6) is 5.75 Å². The van der Waals surface area contributed by atoms with Crippen molar-refractivity contribution >= 4 is 38.9 Å². The van der Waals surface area contributed by atoms with E-state index in [9.17, 15) is 26.4 Å². The highest BCUT2D eigenvalue weighted by molar-refractivity contribution is 7.92. The minimum absolute atomic E-state index is 0.00381. The van der Waals surface area contributed by atoms with Gasteiger partial charge in [-0.05, 0) is 66.7 Å². The summed E-state index contributed by atoms with van der Waals surface area (Å²) in [7, 11) is -4.09. The average Bonchev–Trinajstić information content (AvgIpc) is 2.71. The molecule has 0 saturated carbocycles. The number of anilines is 2. The van der Waals surface area contributed by atoms with Crippen LogP contribution in [0.4, 0.5) is 24.5 Å². The van der Waals surface area contributed by atoms with Gasteiger partial charge in [-0.15, -0.1) is 0 Å². The number of carbonyl (C=O) groups is 1. The average molecular weight is 471 g/mol. The molecule has 1 amide bonds. The summed E-state index contributed by atoms with van der Waals surface area (Å²) in [4.78, 5) is 12.3. The molecule has 0 bridgehead atoms. The van der Waals surface area contributed by atoms with Crippen LogP contribution < -0.4 is 14.8 Å². The summed E-state index contributed by atoms with van der Waals surface area (Å²) in [6.07, 6.45) is 0. The summed E-state index contributed by atoms with van der Waals surface area (Å²) in [6.45, 7) is -2.98. The smallest absolute Gasteiger partial charge is 0.387 e. The Labute approximate surface area is 180 Å². The second-order valence-electron chi connectivity index (χ2n) is 6.11. The molecule has 0 unspecified atom stereocenters. The lowest BCUT2D eigenvalue weighted by atomic mass is 10.2. The van der Waals surface area contributed by atoms with Crippen molar-refractivity contribution in [3.05, 3.63) is 83.1 Å². The molecule has 0 saturated heterocycles. The molecule has 0 aliphatic heterocycles. The standard InChI is InChI=1S/C20H14ClF3N2O4S/c21-18-10-9-16(31(28,29)26-14-3-1-12(22)2-4-14)11-17(18)19(27)25-13-5-7-15(8-6-13)30-20(23)24/h1-11,20,26H,(H,25,27). The first-order valence-electron chi connectivity index (χ1n) is 8.58. The van der Waals surface area contributed by atoms with E-state index in [2.05, 4.69) is 14.8 Å². The Morgan fingerprint density at radius 1 is 0.935 bits per heavy atom. The first-order valence-corrected chi connectivity index (χ1v) is 10.4. The zero-order valence-electron chi connectivity index (χ0n) is 15.5. The van der Waals surface area contributed by atoms with Gasteiger partial charge in [0.1, 0.15) is 11.6 Å². The van der Waals surface area contributed by atoms with Crippen molar-refractivity contribution in [2.75, 3.05) is 10.0 Å². The lowest BCUT2D eigenvalue weighted by molar-refractivity contribution is -0.0498. The molecular formula is C20H14ClF3N2O4S. The number of benzene rings is 3. The van der Waals surface area contributed by atoms with Gasteiger partial charge in [0.05, 0.1) is 15.5 Å². The van der Waals surface area contributed by atoms with Gasteiger partial charge in [-0.2, -0.15) is 8.78 Å². The molecule has 0 aliphatic rings. The number of amides is 1. The largest absolute Gasteiger partial charge is 0.435 e. The quantitative estimate of drug-likeness (QED) is 0.501. The van der Waals surface area contributed by atoms with Crippen LogP contribution in [-0.2, 0) is 10.0 Å². The SMILES string of the molecule is O=C(Nc1ccc(OC(F)F)cc1)c1cc(S(=O)(=O)Nc2ccc(F)cc2)ccc1Cl. The molecule has 0 aromatic heterocycles. The molecule has 3 rings (SSSR count). The van der Waals surface area contributed by atoms with Gasteiger partial charge in [0.25, 0.3) is 15.9 Å². The zero-order valence-corrected chi connectivity index (χ0v) is 17.1. The van der Waals surface area contributed by atoms with E-state index in [1.165, 1.54) is 48.5 Å². The number of rotatable bonds is 7. The van der Waals surface area contributed by atoms with E-state index in [0.29, 0.717) is 0 Å². The van der Waals surface area contributed by atoms with Crippen LogP contribution >= 0.6 is 11.6 Å². The number of hydrogen-bond donors (Lipinski definition) is 2. The summed E-state index contributed by atoms with van der Waals surface area (Å²) in [6, 6.07) is 13.4. The van der Waals surface area contributed by atoms with E-state index >= 15 is 0 Å². The van der Waals surface area contributed by atoms with Crippen molar-refractivity contribution in [3.63, 3.8) is 0 Å². The summed E-state index contributed by atoms with van der Waals surface area (Å²) in [5.74, 6) is -1.33. The first kappa shape index (κ1) is 22.4. The molecule has 0 aliphatic carbocycles. The Morgan fingerprint density at radius 2 is 1.55 bits per heavy atom. The minimum atomic E-state index is -4.09. The molecule has 6 nitrogen and oxygen atoms in total. The maximum absolute atomic E-state index is 13.0. The van der Waals surface area contributed by atoms with Crippen molar-refractivity contribution in [1.29, 1.82) is 0 Å². The highest BCUT2D eigenvalue weighted by atomic mass is 35.5. The third-order valence-corrected chi connectivity index (χ3v) is 5.64. The summed E-state index contributed by atoms with van der Waals surface area (Å²) >= 11 is 6.05. The Morgan fingerprint density at radius 3 is 2.16 bits per heavy atom. The van der Waals surface area contributed by atoms with E-state index in [-0.39, 0.29) is 32.6 Å². The van der Waals surface area contributed by atoms with Gasteiger partial charge in [0, 0.05) is 11.4 Å². The third-order valence-electron chi connectivity index (χ3n) is 3.93. The summed E-state index contributed by atoms with van der Waals surface area (Å²) < 4.78 is 69.1. The zero-order chi connectivity index (χ0) is 22.6. The summed E-state index contributed by atoms with van der Waals surface area (Å²) in [5.41, 5.74) is 0.255. The van der Waals surface area contributed by atoms with Crippen LogP contribution in [0.1, 0.15) is 10.4 Å². The molecule has 162 valence electrons. The van der Waals surface area contributed by atoms with E-state index in [1.807, 2.05) is 0 Å². The molecule has 31 heavy (non-hydrogen) atoms. The van der Waals surface area contributed by atoms with Crippen molar-refractivity contribution in [2.45, 2.75) is 11.5 Å². The molecule has 0 atom stereocenters. The lowest BCUT2D eigenvalue weighted by Crippen LogP contribution is -2.16. The van der Waals surface area contributed by atoms with E-state index < -0.39 is 28.4 Å². The molecule has 0 radical (unpaired) electrons. The predicted octanol–water partition coefficient (Wildman–Crippen LogP) is 5.13. The van der Waals surface area contributed by atoms with Crippen molar-refractivity contribution < 1.29 is 31.1 Å². The maximum atomic E-state index is 13.0. The Hall–Kier alpha value is -3.24. The number of hydrogen-bond acceptors (Lipinski definition) is 4. The van der Waals surface area contributed by atoms with Crippen LogP contribution in [0.25, 0.3) is 0 Å². The maximum Gasteiger partial charge on any atom is 0.387 e. The second kappa shape index (κ2) is 9.27. The van der Waals surface area contributed by atoms with E-state index in [1.54, 1.807) is 0 Å². The molecule has 0 fully saturated rings. The number of alkyl halides is 2. The molecule has 11 heteroatoms. The first-order chi connectivity index (χ1) is 14.6. The Kier molecular flexibility index (Phi) is 6.71. The molecule has 0 spiro atoms. The van der Waals surface area contributed by atoms with E-state index in [4.69, 9.17) is 11.6 Å². The lowest BCUT2D eigenvalue weighted by Gasteiger charge is -2.11. The van der Waals surface area contributed by atoms with Crippen LogP contribution in [0.2, 0.25) is 5.02 Å². The fourth-order valence-electron chi connectivity index (χ4n) is 2.50. The van der Waals surface area contributed by atoms with Crippen molar-refractivity contribution in [3.8, 4) is 5.75 Å². The van der Waals surface area contributed by atoms with Crippen molar-refractivity contribution in [1.82, 2.24) is 0 Å². The monoisotopic (exact) mass is 470 g/mol. The fraction of sp³-hybridized carbons (Fsp3) is 0.0500. The van der Waals surface area contributed by atoms with Crippen molar-refractivity contribution in [2.24, 2.45) is 0 Å².